The van der Waals surface area contributed by atoms with E-state index in [0.717, 1.165) is 56.6 Å². The minimum atomic E-state index is -0.268. The highest BCUT2D eigenvalue weighted by atomic mass is 32.1. The van der Waals surface area contributed by atoms with E-state index in [1.165, 1.54) is 22.6 Å². The topological polar surface area (TPSA) is 32.3 Å². The lowest BCUT2D eigenvalue weighted by molar-refractivity contribution is -0.117. The van der Waals surface area contributed by atoms with Crippen molar-refractivity contribution in [1.82, 2.24) is 4.90 Å². The average molecular weight is 344 g/mol. The number of halogens is 1. The summed E-state index contributed by atoms with van der Waals surface area (Å²) in [6.45, 7) is 3.25. The molecule has 1 aromatic heterocycles. The second-order valence-corrected chi connectivity index (χ2v) is 7.67. The molecule has 1 atom stereocenters. The van der Waals surface area contributed by atoms with E-state index in [-0.39, 0.29) is 17.6 Å². The summed E-state index contributed by atoms with van der Waals surface area (Å²) in [5.41, 5.74) is 3.07. The number of anilines is 1. The van der Waals surface area contributed by atoms with Crippen LogP contribution in [0.1, 0.15) is 41.2 Å². The summed E-state index contributed by atoms with van der Waals surface area (Å²) >= 11 is 1.87. The molecule has 2 aliphatic heterocycles. The molecular weight excluding hydrogens is 323 g/mol. The maximum absolute atomic E-state index is 13.4. The standard InChI is InChI=1S/C19H21FN2OS/c20-14-4-5-17-16(11-14)15(19(23)21-17)3-1-2-8-22-9-6-18-13(12-22)7-10-24-18/h4-5,7,10-11,15H,1-3,6,8-9,12H2,(H,21,23). The molecule has 4 rings (SSSR count). The highest BCUT2D eigenvalue weighted by molar-refractivity contribution is 7.10. The zero-order valence-electron chi connectivity index (χ0n) is 13.6. The highest BCUT2D eigenvalue weighted by Gasteiger charge is 2.30. The smallest absolute Gasteiger partial charge is 0.232 e. The van der Waals surface area contributed by atoms with Gasteiger partial charge < -0.3 is 5.32 Å². The number of hydrogen-bond donors (Lipinski definition) is 1. The van der Waals surface area contributed by atoms with Crippen LogP contribution in [-0.4, -0.2) is 23.9 Å². The van der Waals surface area contributed by atoms with E-state index in [4.69, 9.17) is 0 Å². The second-order valence-electron chi connectivity index (χ2n) is 6.66. The Balaban J connectivity index is 1.28. The molecule has 0 fully saturated rings. The molecule has 1 amide bonds. The third-order valence-corrected chi connectivity index (χ3v) is 6.09. The molecular formula is C19H21FN2OS. The van der Waals surface area contributed by atoms with Gasteiger partial charge in [-0.15, -0.1) is 11.3 Å². The molecule has 1 unspecified atom stereocenters. The molecule has 0 spiro atoms. The predicted molar refractivity (Wildman–Crippen MR) is 94.9 cm³/mol. The molecule has 126 valence electrons. The SMILES string of the molecule is O=C1Nc2ccc(F)cc2C1CCCCN1CCc2sccc2C1. The van der Waals surface area contributed by atoms with Crippen molar-refractivity contribution in [3.05, 3.63) is 51.5 Å². The second kappa shape index (κ2) is 6.65. The number of nitrogens with one attached hydrogen (secondary N) is 1. The first kappa shape index (κ1) is 15.8. The molecule has 3 nitrogen and oxygen atoms in total. The van der Waals surface area contributed by atoms with E-state index in [0.29, 0.717) is 0 Å². The Morgan fingerprint density at radius 2 is 2.21 bits per heavy atom. The number of benzene rings is 1. The quantitative estimate of drug-likeness (QED) is 0.827. The number of amides is 1. The molecule has 0 radical (unpaired) electrons. The maximum Gasteiger partial charge on any atom is 0.232 e. The number of rotatable bonds is 5. The maximum atomic E-state index is 13.4. The number of hydrogen-bond acceptors (Lipinski definition) is 3. The van der Waals surface area contributed by atoms with Crippen molar-refractivity contribution >= 4 is 22.9 Å². The van der Waals surface area contributed by atoms with Gasteiger partial charge in [0.15, 0.2) is 0 Å². The Hall–Kier alpha value is -1.72. The summed E-state index contributed by atoms with van der Waals surface area (Å²) < 4.78 is 13.4. The van der Waals surface area contributed by atoms with Gasteiger partial charge in [0, 0.05) is 23.7 Å². The van der Waals surface area contributed by atoms with E-state index in [2.05, 4.69) is 21.7 Å². The number of thiophene rings is 1. The van der Waals surface area contributed by atoms with Gasteiger partial charge in [-0.3, -0.25) is 9.69 Å². The molecule has 3 heterocycles. The van der Waals surface area contributed by atoms with Crippen LogP contribution >= 0.6 is 11.3 Å². The van der Waals surface area contributed by atoms with Crippen molar-refractivity contribution in [2.24, 2.45) is 0 Å². The zero-order chi connectivity index (χ0) is 16.5. The van der Waals surface area contributed by atoms with Crippen molar-refractivity contribution in [1.29, 1.82) is 0 Å². The molecule has 1 aromatic carbocycles. The Kier molecular flexibility index (Phi) is 4.37. The lowest BCUT2D eigenvalue weighted by atomic mass is 9.94. The van der Waals surface area contributed by atoms with Gasteiger partial charge >= 0.3 is 0 Å². The number of unbranched alkanes of at least 4 members (excludes halogenated alkanes) is 1. The van der Waals surface area contributed by atoms with Gasteiger partial charge in [-0.05, 0) is 66.6 Å². The number of nitrogens with zero attached hydrogens (tertiary/aromatic N) is 1. The summed E-state index contributed by atoms with van der Waals surface area (Å²) in [5.74, 6) is -0.452. The Bertz CT molecular complexity index is 758. The average Bonchev–Trinajstić information content (AvgIpc) is 3.15. The van der Waals surface area contributed by atoms with E-state index in [1.54, 1.807) is 6.07 Å². The largest absolute Gasteiger partial charge is 0.325 e. The Labute approximate surface area is 145 Å². The van der Waals surface area contributed by atoms with Gasteiger partial charge in [0.2, 0.25) is 5.91 Å². The van der Waals surface area contributed by atoms with Crippen molar-refractivity contribution in [2.75, 3.05) is 18.4 Å². The molecule has 0 aliphatic carbocycles. The van der Waals surface area contributed by atoms with Crippen molar-refractivity contribution < 1.29 is 9.18 Å². The number of carbonyl (C=O) groups is 1. The van der Waals surface area contributed by atoms with E-state index in [9.17, 15) is 9.18 Å². The minimum Gasteiger partial charge on any atom is -0.325 e. The monoisotopic (exact) mass is 344 g/mol. The fourth-order valence-corrected chi connectivity index (χ4v) is 4.65. The lowest BCUT2D eigenvalue weighted by Gasteiger charge is -2.26. The molecule has 2 aromatic rings. The fraction of sp³-hybridized carbons (Fsp3) is 0.421. The van der Waals surface area contributed by atoms with Crippen LogP contribution in [0.4, 0.5) is 10.1 Å². The van der Waals surface area contributed by atoms with Gasteiger partial charge in [-0.25, -0.2) is 4.39 Å². The van der Waals surface area contributed by atoms with Crippen LogP contribution in [0.25, 0.3) is 0 Å². The summed E-state index contributed by atoms with van der Waals surface area (Å²) in [6.07, 6.45) is 4.01. The van der Waals surface area contributed by atoms with Crippen molar-refractivity contribution in [2.45, 2.75) is 38.1 Å². The minimum absolute atomic E-state index is 0.0106. The van der Waals surface area contributed by atoms with Crippen LogP contribution in [0.3, 0.4) is 0 Å². The summed E-state index contributed by atoms with van der Waals surface area (Å²) in [6, 6.07) is 6.80. The Morgan fingerprint density at radius 3 is 3.12 bits per heavy atom. The molecule has 1 N–H and O–H groups in total. The van der Waals surface area contributed by atoms with E-state index < -0.39 is 0 Å². The van der Waals surface area contributed by atoms with E-state index in [1.807, 2.05) is 11.3 Å². The number of fused-ring (bicyclic) bond motifs is 2. The van der Waals surface area contributed by atoms with Crippen LogP contribution < -0.4 is 5.32 Å². The molecule has 0 bridgehead atoms. The molecule has 2 aliphatic rings. The van der Waals surface area contributed by atoms with Crippen LogP contribution in [-0.2, 0) is 17.8 Å². The third kappa shape index (κ3) is 3.10. The van der Waals surface area contributed by atoms with Gasteiger partial charge in [0.25, 0.3) is 0 Å². The van der Waals surface area contributed by atoms with Gasteiger partial charge in [-0.2, -0.15) is 0 Å². The molecule has 0 saturated heterocycles. The normalized spacial score (nSPS) is 19.9. The van der Waals surface area contributed by atoms with Crippen LogP contribution in [0.2, 0.25) is 0 Å². The highest BCUT2D eigenvalue weighted by Crippen LogP contribution is 2.36. The van der Waals surface area contributed by atoms with Gasteiger partial charge in [0.05, 0.1) is 5.92 Å². The lowest BCUT2D eigenvalue weighted by Crippen LogP contribution is -2.30. The summed E-state index contributed by atoms with van der Waals surface area (Å²) in [4.78, 5) is 16.1. The third-order valence-electron chi connectivity index (χ3n) is 5.07. The first-order valence-electron chi connectivity index (χ1n) is 8.58. The van der Waals surface area contributed by atoms with E-state index >= 15 is 0 Å². The van der Waals surface area contributed by atoms with Crippen LogP contribution in [0.5, 0.6) is 0 Å². The van der Waals surface area contributed by atoms with Crippen LogP contribution in [0.15, 0.2) is 29.6 Å². The fourth-order valence-electron chi connectivity index (χ4n) is 3.77. The summed E-state index contributed by atoms with van der Waals surface area (Å²) in [5, 5.41) is 5.04. The van der Waals surface area contributed by atoms with Gasteiger partial charge in [-0.1, -0.05) is 6.42 Å². The number of carbonyl (C=O) groups excluding carboxylic acids is 1. The summed E-state index contributed by atoms with van der Waals surface area (Å²) in [7, 11) is 0. The van der Waals surface area contributed by atoms with Crippen molar-refractivity contribution in [3.63, 3.8) is 0 Å². The first-order valence-corrected chi connectivity index (χ1v) is 9.46. The zero-order valence-corrected chi connectivity index (χ0v) is 14.4. The molecule has 24 heavy (non-hydrogen) atoms. The Morgan fingerprint density at radius 1 is 1.29 bits per heavy atom. The molecule has 0 saturated carbocycles. The first-order chi connectivity index (χ1) is 11.7. The van der Waals surface area contributed by atoms with Gasteiger partial charge in [0.1, 0.15) is 5.82 Å². The molecule has 5 heteroatoms. The predicted octanol–water partition coefficient (Wildman–Crippen LogP) is 4.15. The van der Waals surface area contributed by atoms with Crippen LogP contribution in [0, 0.1) is 5.82 Å². The van der Waals surface area contributed by atoms with Crippen molar-refractivity contribution in [3.8, 4) is 0 Å².